The van der Waals surface area contributed by atoms with Crippen molar-refractivity contribution < 1.29 is 63.1 Å². The van der Waals surface area contributed by atoms with Crippen LogP contribution in [-0.2, 0) is 32.7 Å². The molecule has 0 bridgehead atoms. The van der Waals surface area contributed by atoms with E-state index in [9.17, 15) is 44.6 Å². The Hall–Kier alpha value is -2.19. The predicted octanol–water partition coefficient (Wildman–Crippen LogP) is 8.00. The number of aliphatic hydroxyl groups is 5. The Morgan fingerprint density at radius 2 is 1.07 bits per heavy atom. The van der Waals surface area contributed by atoms with Gasteiger partial charge in [0.25, 0.3) is 0 Å². The van der Waals surface area contributed by atoms with E-state index in [1.807, 2.05) is 6.08 Å². The lowest BCUT2D eigenvalue weighted by atomic mass is 9.85. The van der Waals surface area contributed by atoms with E-state index in [1.165, 1.54) is 76.7 Å². The topological polar surface area (TPSA) is 210 Å². The van der Waals surface area contributed by atoms with Crippen molar-refractivity contribution in [3.8, 4) is 0 Å². The van der Waals surface area contributed by atoms with E-state index < -0.39 is 75.7 Å². The second-order valence-electron chi connectivity index (χ2n) is 15.3. The average molecular weight is 845 g/mol. The van der Waals surface area contributed by atoms with Crippen LogP contribution in [-0.4, -0.2) is 98.3 Å². The summed E-state index contributed by atoms with van der Waals surface area (Å²) in [6, 6.07) is 0. The first kappa shape index (κ1) is 53.8. The second kappa shape index (κ2) is 34.5. The molecule has 1 aliphatic rings. The molecule has 6 N–H and O–H groups in total. The zero-order chi connectivity index (χ0) is 42.9. The molecule has 0 aliphatic heterocycles. The first-order chi connectivity index (χ1) is 27.9. The number of carbonyl (C=O) groups excluding carboxylic acids is 2. The van der Waals surface area contributed by atoms with E-state index in [-0.39, 0.29) is 6.42 Å². The number of unbranched alkanes of at least 4 members (excludes halogenated alkanes) is 18. The summed E-state index contributed by atoms with van der Waals surface area (Å²) in [4.78, 5) is 35.5. The number of phosphoric acid groups is 1. The van der Waals surface area contributed by atoms with Crippen LogP contribution in [0.4, 0.5) is 0 Å². The quantitative estimate of drug-likeness (QED) is 0.00894. The zero-order valence-electron chi connectivity index (χ0n) is 35.3. The molecule has 13 nitrogen and oxygen atoms in total. The molecule has 336 valence electrons. The van der Waals surface area contributed by atoms with Crippen molar-refractivity contribution in [2.24, 2.45) is 0 Å². The number of hydrogen-bond donors (Lipinski definition) is 6. The fraction of sp³-hybridized carbons (Fsp3) is 0.773. The highest BCUT2D eigenvalue weighted by Crippen LogP contribution is 2.47. The normalized spacial score (nSPS) is 23.0. The molecule has 0 aromatic carbocycles. The summed E-state index contributed by atoms with van der Waals surface area (Å²) in [5, 5.41) is 50.0. The highest BCUT2D eigenvalue weighted by molar-refractivity contribution is 7.47. The number of allylic oxidation sites excluding steroid dienone is 7. The van der Waals surface area contributed by atoms with Gasteiger partial charge in [-0.25, -0.2) is 9.36 Å². The predicted molar refractivity (Wildman–Crippen MR) is 226 cm³/mol. The van der Waals surface area contributed by atoms with Crippen LogP contribution in [0.2, 0.25) is 0 Å². The third-order valence-electron chi connectivity index (χ3n) is 10.00. The van der Waals surface area contributed by atoms with E-state index in [2.05, 4.69) is 38.2 Å². The van der Waals surface area contributed by atoms with Crippen LogP contribution in [0.15, 0.2) is 48.6 Å². The van der Waals surface area contributed by atoms with Gasteiger partial charge in [0.15, 0.2) is 6.10 Å². The van der Waals surface area contributed by atoms with Gasteiger partial charge in [-0.3, -0.25) is 13.8 Å². The van der Waals surface area contributed by atoms with E-state index in [1.54, 1.807) is 6.08 Å². The molecule has 0 heterocycles. The number of rotatable bonds is 35. The second-order valence-corrected chi connectivity index (χ2v) is 16.7. The maximum absolute atomic E-state index is 12.8. The smallest absolute Gasteiger partial charge is 0.462 e. The van der Waals surface area contributed by atoms with Gasteiger partial charge in [-0.15, -0.1) is 0 Å². The highest BCUT2D eigenvalue weighted by Gasteiger charge is 2.51. The maximum Gasteiger partial charge on any atom is 0.472 e. The molecule has 1 aliphatic carbocycles. The highest BCUT2D eigenvalue weighted by atomic mass is 31.2. The van der Waals surface area contributed by atoms with Gasteiger partial charge >= 0.3 is 19.8 Å². The first-order valence-electron chi connectivity index (χ1n) is 22.0. The zero-order valence-corrected chi connectivity index (χ0v) is 36.2. The van der Waals surface area contributed by atoms with Crippen LogP contribution in [0.3, 0.4) is 0 Å². The van der Waals surface area contributed by atoms with Crippen LogP contribution in [0.1, 0.15) is 162 Å². The lowest BCUT2D eigenvalue weighted by molar-refractivity contribution is -0.220. The lowest BCUT2D eigenvalue weighted by Crippen LogP contribution is -2.64. The summed E-state index contributed by atoms with van der Waals surface area (Å²) in [7, 11) is -5.14. The van der Waals surface area contributed by atoms with Crippen LogP contribution < -0.4 is 0 Å². The minimum absolute atomic E-state index is 0.130. The van der Waals surface area contributed by atoms with Gasteiger partial charge in [-0.05, 0) is 44.9 Å². The van der Waals surface area contributed by atoms with Gasteiger partial charge in [0, 0.05) is 12.5 Å². The van der Waals surface area contributed by atoms with Crippen molar-refractivity contribution in [1.82, 2.24) is 0 Å². The Morgan fingerprint density at radius 1 is 0.586 bits per heavy atom. The summed E-state index contributed by atoms with van der Waals surface area (Å²) in [6.07, 6.45) is 26.6. The summed E-state index contributed by atoms with van der Waals surface area (Å²) in [6.45, 7) is 3.13. The summed E-state index contributed by atoms with van der Waals surface area (Å²) < 4.78 is 33.2. The van der Waals surface area contributed by atoms with Crippen LogP contribution in [0.5, 0.6) is 0 Å². The molecule has 0 saturated heterocycles. The van der Waals surface area contributed by atoms with E-state index in [4.69, 9.17) is 18.5 Å². The fourth-order valence-corrected chi connectivity index (χ4v) is 7.36. The monoisotopic (exact) mass is 845 g/mol. The number of aliphatic hydroxyl groups excluding tert-OH is 5. The third-order valence-corrected chi connectivity index (χ3v) is 11.0. The molecular weight excluding hydrogens is 767 g/mol. The van der Waals surface area contributed by atoms with Gasteiger partial charge in [0.05, 0.1) is 6.61 Å². The van der Waals surface area contributed by atoms with Gasteiger partial charge in [0.1, 0.15) is 43.2 Å². The van der Waals surface area contributed by atoms with Crippen molar-refractivity contribution in [2.75, 3.05) is 13.2 Å². The van der Waals surface area contributed by atoms with Crippen molar-refractivity contribution in [3.05, 3.63) is 48.6 Å². The molecule has 0 aromatic rings. The molecule has 1 fully saturated rings. The SMILES string of the molecule is CCCC/C=C/C/C=C/CCCCCCCC(=O)OC[C@H](COP(=O)(O)OC1C(O)C(O)C(O)[C@H](O)C1O)OC(=O)/C=C/C=C/CCCCCCCCCCCCC. The Kier molecular flexibility index (Phi) is 32.0. The number of carbonyl (C=O) groups is 2. The number of hydrogen-bond acceptors (Lipinski definition) is 12. The molecule has 8 atom stereocenters. The molecular formula is C44H77O13P. The van der Waals surface area contributed by atoms with Gasteiger partial charge in [-0.1, -0.05) is 153 Å². The van der Waals surface area contributed by atoms with E-state index in [0.29, 0.717) is 6.42 Å². The van der Waals surface area contributed by atoms with Crippen LogP contribution >= 0.6 is 7.82 Å². The lowest BCUT2D eigenvalue weighted by Gasteiger charge is -2.41. The van der Waals surface area contributed by atoms with Crippen molar-refractivity contribution in [1.29, 1.82) is 0 Å². The third kappa shape index (κ3) is 26.8. The molecule has 0 aromatic heterocycles. The molecule has 0 radical (unpaired) electrons. The van der Waals surface area contributed by atoms with Crippen LogP contribution in [0.25, 0.3) is 0 Å². The maximum atomic E-state index is 12.8. The van der Waals surface area contributed by atoms with E-state index >= 15 is 0 Å². The Balaban J connectivity index is 2.55. The molecule has 6 unspecified atom stereocenters. The van der Waals surface area contributed by atoms with Crippen molar-refractivity contribution in [3.63, 3.8) is 0 Å². The first-order valence-corrected chi connectivity index (χ1v) is 23.5. The molecule has 1 saturated carbocycles. The fourth-order valence-electron chi connectivity index (χ4n) is 6.39. The molecule has 1 rings (SSSR count). The standard InChI is InChI=1S/C44H77O13P/c1-3-5-7-9-11-13-15-17-19-21-23-25-27-29-31-33-38(46)56-36(35-55-58(52,53)57-44-42(50)40(48)39(47)41(49)43(44)51)34-54-37(45)32-30-28-26-24-22-20-18-16-14-12-10-8-6-4-2/h10,12,16,18,27,29,31,33,36,39-44,47-51H,3-9,11,13-15,17,19-26,28,30,32,34-35H2,1-2H3,(H,52,53)/b12-10+,18-16+,29-27+,33-31+/t36-,39?,40+,41?,42?,43?,44?/m1/s1. The number of ether oxygens (including phenoxy) is 2. The van der Waals surface area contributed by atoms with Crippen LogP contribution in [0, 0.1) is 0 Å². The minimum Gasteiger partial charge on any atom is -0.462 e. The average Bonchev–Trinajstić information content (AvgIpc) is 3.20. The minimum atomic E-state index is -5.14. The largest absolute Gasteiger partial charge is 0.472 e. The van der Waals surface area contributed by atoms with Gasteiger partial charge < -0.3 is 39.9 Å². The van der Waals surface area contributed by atoms with Gasteiger partial charge in [-0.2, -0.15) is 0 Å². The molecule has 58 heavy (non-hydrogen) atoms. The molecule has 0 spiro atoms. The Bertz CT molecular complexity index is 1210. The van der Waals surface area contributed by atoms with E-state index in [0.717, 1.165) is 70.3 Å². The Morgan fingerprint density at radius 3 is 1.64 bits per heavy atom. The Labute approximate surface area is 348 Å². The number of phosphoric ester groups is 1. The van der Waals surface area contributed by atoms with Gasteiger partial charge in [0.2, 0.25) is 0 Å². The summed E-state index contributed by atoms with van der Waals surface area (Å²) in [5.74, 6) is -1.37. The summed E-state index contributed by atoms with van der Waals surface area (Å²) in [5.41, 5.74) is 0. The van der Waals surface area contributed by atoms with Crippen molar-refractivity contribution >= 4 is 19.8 Å². The summed E-state index contributed by atoms with van der Waals surface area (Å²) >= 11 is 0. The number of esters is 2. The molecule has 0 amide bonds. The van der Waals surface area contributed by atoms with Crippen molar-refractivity contribution in [2.45, 2.75) is 204 Å². The molecule has 14 heteroatoms.